The number of nitrogens with zero attached hydrogens (tertiary/aromatic N) is 1. The largest absolute Gasteiger partial charge is 0.383 e. The molecule has 0 bridgehead atoms. The number of amides is 1. The lowest BCUT2D eigenvalue weighted by atomic mass is 10.1. The Morgan fingerprint density at radius 2 is 1.92 bits per heavy atom. The molecule has 0 aliphatic carbocycles. The fourth-order valence-corrected chi connectivity index (χ4v) is 2.82. The van der Waals surface area contributed by atoms with Crippen LogP contribution in [-0.4, -0.2) is 17.9 Å². The van der Waals surface area contributed by atoms with E-state index in [1.165, 1.54) is 18.2 Å². The van der Waals surface area contributed by atoms with Crippen molar-refractivity contribution in [3.8, 4) is 0 Å². The summed E-state index contributed by atoms with van der Waals surface area (Å²) < 4.78 is 0. The van der Waals surface area contributed by atoms with Crippen molar-refractivity contribution in [1.82, 2.24) is 5.32 Å². The highest BCUT2D eigenvalue weighted by atomic mass is 35.5. The van der Waals surface area contributed by atoms with Crippen molar-refractivity contribution in [3.63, 3.8) is 0 Å². The van der Waals surface area contributed by atoms with E-state index in [4.69, 9.17) is 23.2 Å². The minimum atomic E-state index is -0.540. The van der Waals surface area contributed by atoms with Gasteiger partial charge in [-0.15, -0.1) is 0 Å². The van der Waals surface area contributed by atoms with Crippen LogP contribution in [0.2, 0.25) is 10.0 Å². The Hall–Kier alpha value is -2.31. The molecule has 2 aromatic carbocycles. The number of halogens is 2. The molecule has 2 rings (SSSR count). The third-order valence-corrected chi connectivity index (χ3v) is 4.06. The van der Waals surface area contributed by atoms with Gasteiger partial charge in [0, 0.05) is 28.7 Å². The molecule has 1 amide bonds. The molecule has 0 saturated carbocycles. The zero-order valence-electron chi connectivity index (χ0n) is 13.0. The number of nitrogens with one attached hydrogen (secondary N) is 2. The van der Waals surface area contributed by atoms with Gasteiger partial charge in [0.25, 0.3) is 11.6 Å². The quantitative estimate of drug-likeness (QED) is 0.604. The zero-order valence-corrected chi connectivity index (χ0v) is 14.5. The lowest BCUT2D eigenvalue weighted by Crippen LogP contribution is -2.26. The van der Waals surface area contributed by atoms with Crippen molar-refractivity contribution in [2.75, 3.05) is 12.4 Å². The van der Waals surface area contributed by atoms with Crippen molar-refractivity contribution in [2.45, 2.75) is 13.0 Å². The summed E-state index contributed by atoms with van der Waals surface area (Å²) >= 11 is 12.0. The Kier molecular flexibility index (Phi) is 5.64. The van der Waals surface area contributed by atoms with Crippen molar-refractivity contribution in [1.29, 1.82) is 0 Å². The first-order valence-corrected chi connectivity index (χ1v) is 7.81. The third-order valence-electron chi connectivity index (χ3n) is 3.50. The summed E-state index contributed by atoms with van der Waals surface area (Å²) in [6.45, 7) is 1.77. The van der Waals surface area contributed by atoms with Gasteiger partial charge < -0.3 is 10.6 Å². The second kappa shape index (κ2) is 7.51. The van der Waals surface area contributed by atoms with Gasteiger partial charge in [0.1, 0.15) is 5.69 Å². The Morgan fingerprint density at radius 3 is 2.50 bits per heavy atom. The van der Waals surface area contributed by atoms with Crippen LogP contribution in [0.3, 0.4) is 0 Å². The van der Waals surface area contributed by atoms with Crippen LogP contribution >= 0.6 is 23.2 Å². The molecule has 0 aromatic heterocycles. The maximum Gasteiger partial charge on any atom is 0.293 e. The summed E-state index contributed by atoms with van der Waals surface area (Å²) in [6, 6.07) is 8.85. The Bertz CT molecular complexity index is 796. The summed E-state index contributed by atoms with van der Waals surface area (Å²) in [4.78, 5) is 22.9. The molecular formula is C16H15Cl2N3O3. The van der Waals surface area contributed by atoms with Gasteiger partial charge in [0.05, 0.1) is 11.0 Å². The number of anilines is 1. The van der Waals surface area contributed by atoms with Crippen LogP contribution in [-0.2, 0) is 0 Å². The number of benzene rings is 2. The van der Waals surface area contributed by atoms with Crippen LogP contribution in [0, 0.1) is 10.1 Å². The highest BCUT2D eigenvalue weighted by molar-refractivity contribution is 6.35. The highest BCUT2D eigenvalue weighted by Crippen LogP contribution is 2.28. The van der Waals surface area contributed by atoms with Gasteiger partial charge in [-0.05, 0) is 36.8 Å². The van der Waals surface area contributed by atoms with Gasteiger partial charge >= 0.3 is 0 Å². The monoisotopic (exact) mass is 367 g/mol. The maximum absolute atomic E-state index is 12.4. The third kappa shape index (κ3) is 3.96. The summed E-state index contributed by atoms with van der Waals surface area (Å²) in [7, 11) is 1.58. The fourth-order valence-electron chi connectivity index (χ4n) is 2.25. The highest BCUT2D eigenvalue weighted by Gasteiger charge is 2.19. The van der Waals surface area contributed by atoms with E-state index in [2.05, 4.69) is 10.6 Å². The second-order valence-corrected chi connectivity index (χ2v) is 5.94. The Morgan fingerprint density at radius 1 is 1.21 bits per heavy atom. The molecule has 1 atom stereocenters. The first kappa shape index (κ1) is 18.0. The van der Waals surface area contributed by atoms with E-state index in [9.17, 15) is 14.9 Å². The van der Waals surface area contributed by atoms with Crippen LogP contribution in [0.4, 0.5) is 11.4 Å². The smallest absolute Gasteiger partial charge is 0.293 e. The van der Waals surface area contributed by atoms with Gasteiger partial charge in [0.15, 0.2) is 0 Å². The average Bonchev–Trinajstić information content (AvgIpc) is 2.53. The molecule has 2 N–H and O–H groups in total. The van der Waals surface area contributed by atoms with E-state index in [-0.39, 0.29) is 17.3 Å². The molecule has 0 heterocycles. The first-order valence-electron chi connectivity index (χ1n) is 7.05. The van der Waals surface area contributed by atoms with Crippen LogP contribution in [0.15, 0.2) is 36.4 Å². The molecule has 0 spiro atoms. The zero-order chi connectivity index (χ0) is 17.9. The Balaban J connectivity index is 2.23. The molecule has 0 aliphatic rings. The van der Waals surface area contributed by atoms with E-state index in [1.807, 2.05) is 0 Å². The number of hydrogen-bond donors (Lipinski definition) is 2. The average molecular weight is 368 g/mol. The van der Waals surface area contributed by atoms with E-state index in [0.29, 0.717) is 21.3 Å². The summed E-state index contributed by atoms with van der Waals surface area (Å²) in [5.41, 5.74) is 1.07. The predicted octanol–water partition coefficient (Wildman–Crippen LogP) is 4.43. The molecule has 126 valence electrons. The normalized spacial score (nSPS) is 11.7. The molecule has 1 unspecified atom stereocenters. The van der Waals surface area contributed by atoms with Crippen LogP contribution in [0.1, 0.15) is 28.9 Å². The van der Waals surface area contributed by atoms with E-state index in [1.54, 1.807) is 32.2 Å². The number of carbonyl (C=O) groups excluding carboxylic acids is 1. The molecular weight excluding hydrogens is 353 g/mol. The standard InChI is InChI=1S/C16H15Cl2N3O3/c1-9(12-5-4-11(17)8-13(12)18)20-16(22)10-3-6-14(19-2)15(7-10)21(23)24/h3-9,19H,1-2H3,(H,20,22). The molecule has 2 aromatic rings. The van der Waals surface area contributed by atoms with E-state index >= 15 is 0 Å². The van der Waals surface area contributed by atoms with Crippen LogP contribution in [0.25, 0.3) is 0 Å². The lowest BCUT2D eigenvalue weighted by molar-refractivity contribution is -0.384. The Labute approximate surface area is 148 Å². The number of nitro groups is 1. The number of hydrogen-bond acceptors (Lipinski definition) is 4. The first-order chi connectivity index (χ1) is 11.3. The molecule has 0 fully saturated rings. The molecule has 0 saturated heterocycles. The van der Waals surface area contributed by atoms with E-state index < -0.39 is 10.8 Å². The molecule has 0 aliphatic heterocycles. The minimum Gasteiger partial charge on any atom is -0.383 e. The van der Waals surface area contributed by atoms with Crippen molar-refractivity contribution < 1.29 is 9.72 Å². The fraction of sp³-hybridized carbons (Fsp3) is 0.188. The van der Waals surface area contributed by atoms with E-state index in [0.717, 1.165) is 0 Å². The molecule has 8 heteroatoms. The lowest BCUT2D eigenvalue weighted by Gasteiger charge is -2.16. The van der Waals surface area contributed by atoms with Crippen molar-refractivity contribution in [3.05, 3.63) is 67.7 Å². The number of carbonyl (C=O) groups is 1. The number of nitro benzene ring substituents is 1. The van der Waals surface area contributed by atoms with Crippen LogP contribution < -0.4 is 10.6 Å². The molecule has 24 heavy (non-hydrogen) atoms. The van der Waals surface area contributed by atoms with Crippen molar-refractivity contribution >= 4 is 40.5 Å². The topological polar surface area (TPSA) is 84.3 Å². The second-order valence-electron chi connectivity index (χ2n) is 5.10. The van der Waals surface area contributed by atoms with Gasteiger partial charge in [-0.2, -0.15) is 0 Å². The van der Waals surface area contributed by atoms with Gasteiger partial charge in [0.2, 0.25) is 0 Å². The molecule has 6 nitrogen and oxygen atoms in total. The maximum atomic E-state index is 12.4. The van der Waals surface area contributed by atoms with Crippen molar-refractivity contribution in [2.24, 2.45) is 0 Å². The minimum absolute atomic E-state index is 0.165. The van der Waals surface area contributed by atoms with Gasteiger partial charge in [-0.25, -0.2) is 0 Å². The van der Waals surface area contributed by atoms with Crippen LogP contribution in [0.5, 0.6) is 0 Å². The summed E-state index contributed by atoms with van der Waals surface area (Å²) in [5, 5.41) is 17.5. The van der Waals surface area contributed by atoms with Gasteiger partial charge in [-0.3, -0.25) is 14.9 Å². The SMILES string of the molecule is CNc1ccc(C(=O)NC(C)c2ccc(Cl)cc2Cl)cc1[N+](=O)[O-]. The van der Waals surface area contributed by atoms with Gasteiger partial charge in [-0.1, -0.05) is 29.3 Å². The summed E-state index contributed by atoms with van der Waals surface area (Å²) in [5.74, 6) is -0.431. The summed E-state index contributed by atoms with van der Waals surface area (Å²) in [6.07, 6.45) is 0. The molecule has 0 radical (unpaired) electrons. The number of rotatable bonds is 5. The predicted molar refractivity (Wildman–Crippen MR) is 95.0 cm³/mol.